The van der Waals surface area contributed by atoms with Crippen molar-refractivity contribution in [2.45, 2.75) is 18.8 Å². The topological polar surface area (TPSA) is 79.2 Å². The molecule has 1 aliphatic carbocycles. The summed E-state index contributed by atoms with van der Waals surface area (Å²) in [5.41, 5.74) is 5.13. The second-order valence-corrected chi connectivity index (χ2v) is 7.83. The number of hydrogen-bond donors (Lipinski definition) is 1. The molecule has 1 atom stereocenters. The van der Waals surface area contributed by atoms with Gasteiger partial charge in [0.1, 0.15) is 6.61 Å². The van der Waals surface area contributed by atoms with Gasteiger partial charge in [-0.3, -0.25) is 5.41 Å². The summed E-state index contributed by atoms with van der Waals surface area (Å²) in [5, 5.41) is 8.47. The second kappa shape index (κ2) is 8.15. The molecule has 0 aromatic heterocycles. The molecule has 0 amide bonds. The number of nitrogens with one attached hydrogen (secondary N) is 1. The van der Waals surface area contributed by atoms with Crippen LogP contribution >= 0.6 is 0 Å². The predicted octanol–water partition coefficient (Wildman–Crippen LogP) is 4.38. The molecule has 0 radical (unpaired) electrons. The first kappa shape index (κ1) is 20.3. The van der Waals surface area contributed by atoms with Crippen LogP contribution in [0.15, 0.2) is 48.1 Å². The molecule has 1 unspecified atom stereocenters. The lowest BCUT2D eigenvalue weighted by Crippen LogP contribution is -2.18. The first-order valence-corrected chi connectivity index (χ1v) is 10.5. The molecule has 0 saturated heterocycles. The molecule has 2 aliphatic heterocycles. The minimum absolute atomic E-state index is 0.206. The maximum absolute atomic E-state index is 8.47. The lowest BCUT2D eigenvalue weighted by atomic mass is 9.75. The van der Waals surface area contributed by atoms with Crippen LogP contribution in [0.4, 0.5) is 0 Å². The molecular formula is C25H25NO6. The zero-order chi connectivity index (χ0) is 22.2. The van der Waals surface area contributed by atoms with E-state index in [0.29, 0.717) is 42.6 Å². The van der Waals surface area contributed by atoms with Crippen molar-refractivity contribution in [2.75, 3.05) is 34.2 Å². The van der Waals surface area contributed by atoms with E-state index in [9.17, 15) is 0 Å². The SMILES string of the molecule is C=CCCOc1c(OC)cc(C2C3=C(COC3=N)Cc3cc4c(cc32)OCO4)cc1OC. The van der Waals surface area contributed by atoms with Gasteiger partial charge in [-0.25, -0.2) is 0 Å². The van der Waals surface area contributed by atoms with Crippen LogP contribution in [-0.2, 0) is 11.2 Å². The van der Waals surface area contributed by atoms with Gasteiger partial charge >= 0.3 is 0 Å². The summed E-state index contributed by atoms with van der Waals surface area (Å²) in [7, 11) is 3.22. The van der Waals surface area contributed by atoms with E-state index in [2.05, 4.69) is 6.58 Å². The molecule has 7 nitrogen and oxygen atoms in total. The molecule has 1 N–H and O–H groups in total. The molecule has 0 fully saturated rings. The van der Waals surface area contributed by atoms with E-state index >= 15 is 0 Å². The summed E-state index contributed by atoms with van der Waals surface area (Å²) in [6.07, 6.45) is 3.23. The van der Waals surface area contributed by atoms with Crippen molar-refractivity contribution >= 4 is 5.90 Å². The van der Waals surface area contributed by atoms with Crippen molar-refractivity contribution in [3.8, 4) is 28.7 Å². The molecule has 32 heavy (non-hydrogen) atoms. The van der Waals surface area contributed by atoms with E-state index in [0.717, 1.165) is 40.0 Å². The van der Waals surface area contributed by atoms with Gasteiger partial charge in [0.2, 0.25) is 18.4 Å². The van der Waals surface area contributed by atoms with Crippen LogP contribution in [0, 0.1) is 5.41 Å². The van der Waals surface area contributed by atoms with Crippen LogP contribution in [0.3, 0.4) is 0 Å². The lowest BCUT2D eigenvalue weighted by molar-refractivity contribution is 0.174. The zero-order valence-corrected chi connectivity index (χ0v) is 18.2. The average molecular weight is 435 g/mol. The van der Waals surface area contributed by atoms with Crippen LogP contribution in [0.1, 0.15) is 29.0 Å². The maximum Gasteiger partial charge on any atom is 0.231 e. The molecule has 0 bridgehead atoms. The fourth-order valence-electron chi connectivity index (χ4n) is 4.56. The van der Waals surface area contributed by atoms with E-state index in [1.165, 1.54) is 0 Å². The number of hydrogen-bond acceptors (Lipinski definition) is 7. The molecular weight excluding hydrogens is 410 g/mol. The molecule has 0 spiro atoms. The fraction of sp³-hybridized carbons (Fsp3) is 0.320. The summed E-state index contributed by atoms with van der Waals surface area (Å²) in [5.74, 6) is 3.15. The predicted molar refractivity (Wildman–Crippen MR) is 119 cm³/mol. The Balaban J connectivity index is 1.66. The minimum atomic E-state index is -0.219. The Morgan fingerprint density at radius 1 is 1.06 bits per heavy atom. The molecule has 0 saturated carbocycles. The van der Waals surface area contributed by atoms with Crippen molar-refractivity contribution in [3.05, 3.63) is 64.8 Å². The monoisotopic (exact) mass is 435 g/mol. The average Bonchev–Trinajstić information content (AvgIpc) is 3.42. The summed E-state index contributed by atoms with van der Waals surface area (Å²) < 4.78 is 34.2. The van der Waals surface area contributed by atoms with Gasteiger partial charge in [0.05, 0.1) is 20.8 Å². The largest absolute Gasteiger partial charge is 0.493 e. The summed E-state index contributed by atoms with van der Waals surface area (Å²) in [6.45, 7) is 4.85. The second-order valence-electron chi connectivity index (χ2n) is 7.83. The van der Waals surface area contributed by atoms with Crippen molar-refractivity contribution in [1.29, 1.82) is 5.41 Å². The van der Waals surface area contributed by atoms with Gasteiger partial charge in [-0.1, -0.05) is 6.08 Å². The minimum Gasteiger partial charge on any atom is -0.493 e. The normalized spacial score (nSPS) is 18.1. The van der Waals surface area contributed by atoms with Crippen LogP contribution in [-0.4, -0.2) is 40.1 Å². The lowest BCUT2D eigenvalue weighted by Gasteiger charge is -2.28. The smallest absolute Gasteiger partial charge is 0.231 e. The van der Waals surface area contributed by atoms with Crippen LogP contribution < -0.4 is 23.7 Å². The highest BCUT2D eigenvalue weighted by atomic mass is 16.7. The molecule has 5 rings (SSSR count). The third-order valence-corrected chi connectivity index (χ3v) is 6.04. The molecule has 3 aliphatic rings. The number of benzene rings is 2. The fourth-order valence-corrected chi connectivity index (χ4v) is 4.56. The van der Waals surface area contributed by atoms with Gasteiger partial charge in [-0.15, -0.1) is 6.58 Å². The van der Waals surface area contributed by atoms with Gasteiger partial charge in [0.15, 0.2) is 23.0 Å². The summed E-state index contributed by atoms with van der Waals surface area (Å²) in [4.78, 5) is 0. The zero-order valence-electron chi connectivity index (χ0n) is 18.2. The number of fused-ring (bicyclic) bond motifs is 2. The number of methoxy groups -OCH3 is 2. The van der Waals surface area contributed by atoms with Gasteiger partial charge in [-0.2, -0.15) is 0 Å². The van der Waals surface area contributed by atoms with Crippen LogP contribution in [0.5, 0.6) is 28.7 Å². The van der Waals surface area contributed by atoms with E-state index in [1.807, 2.05) is 24.3 Å². The van der Waals surface area contributed by atoms with Gasteiger partial charge in [0, 0.05) is 11.5 Å². The highest BCUT2D eigenvalue weighted by Crippen LogP contribution is 2.50. The Morgan fingerprint density at radius 3 is 2.47 bits per heavy atom. The van der Waals surface area contributed by atoms with Crippen molar-refractivity contribution in [2.24, 2.45) is 0 Å². The number of ether oxygens (including phenoxy) is 6. The highest BCUT2D eigenvalue weighted by molar-refractivity contribution is 5.97. The van der Waals surface area contributed by atoms with Gasteiger partial charge in [0.25, 0.3) is 0 Å². The molecule has 2 heterocycles. The summed E-state index contributed by atoms with van der Waals surface area (Å²) in [6, 6.07) is 7.96. The Labute approximate surface area is 186 Å². The van der Waals surface area contributed by atoms with E-state index in [1.54, 1.807) is 20.3 Å². The molecule has 7 heteroatoms. The van der Waals surface area contributed by atoms with Crippen LogP contribution in [0.2, 0.25) is 0 Å². The maximum atomic E-state index is 8.47. The van der Waals surface area contributed by atoms with Crippen molar-refractivity contribution < 1.29 is 28.4 Å². The van der Waals surface area contributed by atoms with Crippen LogP contribution in [0.25, 0.3) is 0 Å². The Hall–Kier alpha value is -3.61. The standard InChI is InChI=1S/C25H25NO6/c1-4-5-6-29-24-20(27-2)9-15(10-21(24)28-3)22-17-11-19-18(31-13-32-19)8-14(17)7-16-12-30-25(26)23(16)22/h4,8-11,22,26H,1,5-7,12-13H2,2-3H3. The molecule has 2 aromatic carbocycles. The van der Waals surface area contributed by atoms with E-state index in [4.69, 9.17) is 33.8 Å². The van der Waals surface area contributed by atoms with E-state index < -0.39 is 0 Å². The Morgan fingerprint density at radius 2 is 1.78 bits per heavy atom. The van der Waals surface area contributed by atoms with E-state index in [-0.39, 0.29) is 18.6 Å². The van der Waals surface area contributed by atoms with Crippen molar-refractivity contribution in [3.63, 3.8) is 0 Å². The summed E-state index contributed by atoms with van der Waals surface area (Å²) >= 11 is 0. The quantitative estimate of drug-likeness (QED) is 0.514. The van der Waals surface area contributed by atoms with Crippen molar-refractivity contribution in [1.82, 2.24) is 0 Å². The van der Waals surface area contributed by atoms with Gasteiger partial charge in [-0.05, 0) is 59.4 Å². The van der Waals surface area contributed by atoms with Gasteiger partial charge < -0.3 is 28.4 Å². The number of rotatable bonds is 7. The Bertz CT molecular complexity index is 1110. The third kappa shape index (κ3) is 3.25. The molecule has 2 aromatic rings. The highest BCUT2D eigenvalue weighted by Gasteiger charge is 2.38. The molecule has 166 valence electrons. The third-order valence-electron chi connectivity index (χ3n) is 6.04. The Kier molecular flexibility index (Phi) is 5.17. The first-order valence-electron chi connectivity index (χ1n) is 10.5. The first-order chi connectivity index (χ1) is 15.6.